The molecule has 0 fully saturated rings. The number of aromatic nitrogens is 2. The molecule has 0 bridgehead atoms. The minimum Gasteiger partial charge on any atom is -0.475 e. The van der Waals surface area contributed by atoms with Gasteiger partial charge in [0.1, 0.15) is 0 Å². The van der Waals surface area contributed by atoms with Gasteiger partial charge in [-0.15, -0.1) is 0 Å². The van der Waals surface area contributed by atoms with Crippen molar-refractivity contribution in [2.75, 3.05) is 5.32 Å². The molecule has 0 aliphatic heterocycles. The molecule has 0 aliphatic carbocycles. The van der Waals surface area contributed by atoms with E-state index < -0.39 is 5.97 Å². The first-order valence-electron chi connectivity index (χ1n) is 5.01. The van der Waals surface area contributed by atoms with E-state index in [-0.39, 0.29) is 11.7 Å². The third-order valence-electron chi connectivity index (χ3n) is 2.15. The van der Waals surface area contributed by atoms with Crippen molar-refractivity contribution in [2.45, 2.75) is 13.5 Å². The van der Waals surface area contributed by atoms with Gasteiger partial charge in [0.2, 0.25) is 5.89 Å². The number of carboxylic acid groups (broad SMARTS) is 1. The van der Waals surface area contributed by atoms with Gasteiger partial charge < -0.3 is 14.9 Å². The van der Waals surface area contributed by atoms with Crippen LogP contribution in [-0.4, -0.2) is 21.2 Å². The second-order valence-electron chi connectivity index (χ2n) is 3.54. The maximum Gasteiger partial charge on any atom is 0.377 e. The summed E-state index contributed by atoms with van der Waals surface area (Å²) in [5.41, 5.74) is 2.08. The van der Waals surface area contributed by atoms with Crippen molar-refractivity contribution in [2.24, 2.45) is 0 Å². The molecule has 0 saturated carbocycles. The van der Waals surface area contributed by atoms with Gasteiger partial charge in [-0.3, -0.25) is 0 Å². The number of hydrogen-bond donors (Lipinski definition) is 2. The lowest BCUT2D eigenvalue weighted by molar-refractivity contribution is 0.0680. The maximum atomic E-state index is 10.5. The Labute approximate surface area is 97.3 Å². The molecular formula is C11H11N3O3. The molecule has 0 amide bonds. The van der Waals surface area contributed by atoms with Crippen molar-refractivity contribution in [3.05, 3.63) is 41.5 Å². The molecule has 0 unspecified atom stereocenters. The van der Waals surface area contributed by atoms with Crippen molar-refractivity contribution in [3.8, 4) is 0 Å². The van der Waals surface area contributed by atoms with Crippen LogP contribution >= 0.6 is 0 Å². The Bertz CT molecular complexity index is 519. The van der Waals surface area contributed by atoms with E-state index in [9.17, 15) is 4.79 Å². The smallest absolute Gasteiger partial charge is 0.377 e. The summed E-state index contributed by atoms with van der Waals surface area (Å²) < 4.78 is 4.77. The van der Waals surface area contributed by atoms with Crippen molar-refractivity contribution in [1.29, 1.82) is 0 Å². The average molecular weight is 233 g/mol. The topological polar surface area (TPSA) is 88.2 Å². The zero-order chi connectivity index (χ0) is 12.3. The zero-order valence-electron chi connectivity index (χ0n) is 9.17. The highest BCUT2D eigenvalue weighted by Gasteiger charge is 2.12. The van der Waals surface area contributed by atoms with Gasteiger partial charge in [-0.25, -0.2) is 4.79 Å². The number of carboxylic acids is 1. The van der Waals surface area contributed by atoms with Crippen LogP contribution in [-0.2, 0) is 6.54 Å². The summed E-state index contributed by atoms with van der Waals surface area (Å²) in [6, 6.07) is 7.78. The Morgan fingerprint density at radius 1 is 1.41 bits per heavy atom. The molecule has 0 spiro atoms. The number of rotatable bonds is 4. The van der Waals surface area contributed by atoms with E-state index >= 15 is 0 Å². The van der Waals surface area contributed by atoms with Gasteiger partial charge in [0, 0.05) is 5.69 Å². The van der Waals surface area contributed by atoms with Crippen LogP contribution in [0.25, 0.3) is 0 Å². The molecule has 1 heterocycles. The van der Waals surface area contributed by atoms with E-state index in [2.05, 4.69) is 15.5 Å². The summed E-state index contributed by atoms with van der Waals surface area (Å²) in [4.78, 5) is 14.2. The predicted octanol–water partition coefficient (Wildman–Crippen LogP) is 1.69. The van der Waals surface area contributed by atoms with Crippen LogP contribution in [0.3, 0.4) is 0 Å². The Morgan fingerprint density at radius 2 is 2.12 bits per heavy atom. The molecule has 6 heteroatoms. The highest BCUT2D eigenvalue weighted by molar-refractivity contribution is 5.82. The second kappa shape index (κ2) is 4.65. The molecule has 2 N–H and O–H groups in total. The summed E-state index contributed by atoms with van der Waals surface area (Å²) in [6.45, 7) is 2.30. The Morgan fingerprint density at radius 3 is 2.71 bits per heavy atom. The van der Waals surface area contributed by atoms with E-state index in [1.54, 1.807) is 0 Å². The lowest BCUT2D eigenvalue weighted by Crippen LogP contribution is -2.02. The number of nitrogens with one attached hydrogen (secondary N) is 1. The van der Waals surface area contributed by atoms with Gasteiger partial charge in [0.25, 0.3) is 5.82 Å². The van der Waals surface area contributed by atoms with Crippen LogP contribution in [0, 0.1) is 6.92 Å². The monoisotopic (exact) mass is 233 g/mol. The highest BCUT2D eigenvalue weighted by atomic mass is 16.5. The van der Waals surface area contributed by atoms with Gasteiger partial charge >= 0.3 is 5.97 Å². The quantitative estimate of drug-likeness (QED) is 0.835. The van der Waals surface area contributed by atoms with Gasteiger partial charge in [-0.05, 0) is 24.2 Å². The number of benzene rings is 1. The fourth-order valence-electron chi connectivity index (χ4n) is 1.26. The van der Waals surface area contributed by atoms with Gasteiger partial charge in [-0.1, -0.05) is 17.7 Å². The van der Waals surface area contributed by atoms with Crippen molar-refractivity contribution in [3.63, 3.8) is 0 Å². The first-order chi connectivity index (χ1) is 8.15. The van der Waals surface area contributed by atoms with Crippen LogP contribution in [0.2, 0.25) is 0 Å². The summed E-state index contributed by atoms with van der Waals surface area (Å²) in [7, 11) is 0. The lowest BCUT2D eigenvalue weighted by Gasteiger charge is -2.02. The molecule has 88 valence electrons. The third-order valence-corrected chi connectivity index (χ3v) is 2.15. The van der Waals surface area contributed by atoms with E-state index in [1.165, 1.54) is 5.56 Å². The van der Waals surface area contributed by atoms with Crippen LogP contribution in [0.4, 0.5) is 5.69 Å². The Balaban J connectivity index is 1.97. The molecule has 2 rings (SSSR count). The van der Waals surface area contributed by atoms with E-state index in [0.717, 1.165) is 5.69 Å². The molecule has 0 atom stereocenters. The first kappa shape index (κ1) is 11.1. The molecule has 1 aromatic heterocycles. The van der Waals surface area contributed by atoms with Crippen LogP contribution in [0.5, 0.6) is 0 Å². The molecule has 0 saturated heterocycles. The summed E-state index contributed by atoms with van der Waals surface area (Å²) >= 11 is 0. The fourth-order valence-corrected chi connectivity index (χ4v) is 1.26. The van der Waals surface area contributed by atoms with E-state index in [4.69, 9.17) is 9.63 Å². The predicted molar refractivity (Wildman–Crippen MR) is 59.8 cm³/mol. The normalized spacial score (nSPS) is 10.2. The first-order valence-corrected chi connectivity index (χ1v) is 5.01. The Hall–Kier alpha value is -2.37. The Kier molecular flexibility index (Phi) is 3.04. The van der Waals surface area contributed by atoms with Crippen LogP contribution in [0.1, 0.15) is 22.1 Å². The average Bonchev–Trinajstić information content (AvgIpc) is 2.77. The number of anilines is 1. The highest BCUT2D eigenvalue weighted by Crippen LogP contribution is 2.09. The van der Waals surface area contributed by atoms with Crippen molar-refractivity contribution in [1.82, 2.24) is 10.1 Å². The van der Waals surface area contributed by atoms with Gasteiger partial charge in [0.05, 0.1) is 6.54 Å². The number of nitrogens with zero attached hydrogens (tertiary/aromatic N) is 2. The van der Waals surface area contributed by atoms with Gasteiger partial charge in [0.15, 0.2) is 0 Å². The van der Waals surface area contributed by atoms with Crippen molar-refractivity contribution >= 4 is 11.7 Å². The number of aryl methyl sites for hydroxylation is 1. The molecular weight excluding hydrogens is 222 g/mol. The lowest BCUT2D eigenvalue weighted by atomic mass is 10.2. The molecule has 2 aromatic rings. The minimum atomic E-state index is -1.20. The molecule has 0 aliphatic rings. The fraction of sp³-hybridized carbons (Fsp3) is 0.182. The number of aromatic carboxylic acids is 1. The summed E-state index contributed by atoms with van der Waals surface area (Å²) in [6.07, 6.45) is 0. The minimum absolute atomic E-state index is 0.239. The summed E-state index contributed by atoms with van der Waals surface area (Å²) in [5.74, 6) is -1.29. The molecule has 1 aromatic carbocycles. The summed E-state index contributed by atoms with van der Waals surface area (Å²) in [5, 5.41) is 15.0. The van der Waals surface area contributed by atoms with Crippen LogP contribution in [0.15, 0.2) is 28.8 Å². The molecule has 6 nitrogen and oxygen atoms in total. The van der Waals surface area contributed by atoms with E-state index in [0.29, 0.717) is 6.54 Å². The standard InChI is InChI=1S/C11H11N3O3/c1-7-2-4-8(5-3-7)12-6-9-13-10(11(15)16)14-17-9/h2-5,12H,6H2,1H3,(H,15,16). The molecule has 17 heavy (non-hydrogen) atoms. The largest absolute Gasteiger partial charge is 0.475 e. The number of carbonyl (C=O) groups is 1. The zero-order valence-corrected chi connectivity index (χ0v) is 9.17. The van der Waals surface area contributed by atoms with Crippen molar-refractivity contribution < 1.29 is 14.4 Å². The third kappa shape index (κ3) is 2.81. The second-order valence-corrected chi connectivity index (χ2v) is 3.54. The van der Waals surface area contributed by atoms with Crippen LogP contribution < -0.4 is 5.32 Å². The van der Waals surface area contributed by atoms with Gasteiger partial charge in [-0.2, -0.15) is 4.98 Å². The number of hydrogen-bond acceptors (Lipinski definition) is 5. The molecule has 0 radical (unpaired) electrons. The van der Waals surface area contributed by atoms with E-state index in [1.807, 2.05) is 31.2 Å². The SMILES string of the molecule is Cc1ccc(NCc2nc(C(=O)O)no2)cc1. The maximum absolute atomic E-state index is 10.5.